The maximum absolute atomic E-state index is 11.2. The van der Waals surface area contributed by atoms with Crippen LogP contribution in [-0.2, 0) is 4.79 Å². The van der Waals surface area contributed by atoms with Gasteiger partial charge in [-0.25, -0.2) is 0 Å². The Hall–Kier alpha value is -0.610. The van der Waals surface area contributed by atoms with Crippen molar-refractivity contribution >= 4 is 5.97 Å². The van der Waals surface area contributed by atoms with Gasteiger partial charge in [0.05, 0.1) is 0 Å². The van der Waals surface area contributed by atoms with Gasteiger partial charge in [-0.05, 0) is 50.7 Å². The van der Waals surface area contributed by atoms with Crippen LogP contribution in [0.5, 0.6) is 0 Å². The topological polar surface area (TPSA) is 52.6 Å². The van der Waals surface area contributed by atoms with Gasteiger partial charge in [0.15, 0.2) is 0 Å². The fraction of sp³-hybridized carbons (Fsp3) is 0.938. The zero-order valence-electron chi connectivity index (χ0n) is 13.5. The van der Waals surface area contributed by atoms with E-state index in [0.29, 0.717) is 11.8 Å². The number of aliphatic carboxylic acids is 1. The van der Waals surface area contributed by atoms with E-state index in [0.717, 1.165) is 32.6 Å². The fourth-order valence-corrected chi connectivity index (χ4v) is 3.15. The molecule has 1 aliphatic heterocycles. The molecule has 4 nitrogen and oxygen atoms in total. The predicted molar refractivity (Wildman–Crippen MR) is 83.0 cm³/mol. The molecular formula is C16H32N2O2. The molecule has 1 saturated heterocycles. The predicted octanol–water partition coefficient (Wildman–Crippen LogP) is 2.73. The molecule has 1 unspecified atom stereocenters. The molecular weight excluding hydrogens is 252 g/mol. The highest BCUT2D eigenvalue weighted by Gasteiger charge is 2.31. The molecule has 0 aliphatic carbocycles. The van der Waals surface area contributed by atoms with Gasteiger partial charge in [0, 0.05) is 6.54 Å². The summed E-state index contributed by atoms with van der Waals surface area (Å²) >= 11 is 0. The molecule has 4 heteroatoms. The third kappa shape index (κ3) is 5.06. The van der Waals surface area contributed by atoms with Crippen LogP contribution in [0.4, 0.5) is 0 Å². The van der Waals surface area contributed by atoms with Crippen LogP contribution < -0.4 is 5.32 Å². The molecule has 0 bridgehead atoms. The SMILES string of the molecule is CCCNC(CCN1CCC(CC)(CC)CC1)C(=O)O. The first-order valence-corrected chi connectivity index (χ1v) is 8.25. The van der Waals surface area contributed by atoms with E-state index in [1.165, 1.54) is 25.7 Å². The highest BCUT2D eigenvalue weighted by Crippen LogP contribution is 2.37. The minimum atomic E-state index is -0.716. The second kappa shape index (κ2) is 8.63. The molecule has 0 radical (unpaired) electrons. The summed E-state index contributed by atoms with van der Waals surface area (Å²) in [5.74, 6) is -0.716. The molecule has 1 atom stereocenters. The van der Waals surface area contributed by atoms with E-state index in [2.05, 4.69) is 31.0 Å². The molecule has 1 fully saturated rings. The van der Waals surface area contributed by atoms with Crippen molar-refractivity contribution in [2.75, 3.05) is 26.2 Å². The van der Waals surface area contributed by atoms with Crippen molar-refractivity contribution < 1.29 is 9.90 Å². The Bertz CT molecular complexity index is 280. The van der Waals surface area contributed by atoms with Crippen molar-refractivity contribution in [1.82, 2.24) is 10.2 Å². The first kappa shape index (κ1) is 17.4. The fourth-order valence-electron chi connectivity index (χ4n) is 3.15. The van der Waals surface area contributed by atoms with Crippen LogP contribution >= 0.6 is 0 Å². The van der Waals surface area contributed by atoms with E-state index in [9.17, 15) is 9.90 Å². The number of rotatable bonds is 9. The zero-order valence-corrected chi connectivity index (χ0v) is 13.5. The maximum atomic E-state index is 11.2. The first-order chi connectivity index (χ1) is 9.56. The Morgan fingerprint density at radius 1 is 1.25 bits per heavy atom. The van der Waals surface area contributed by atoms with Crippen LogP contribution in [0.15, 0.2) is 0 Å². The number of hydrogen-bond acceptors (Lipinski definition) is 3. The van der Waals surface area contributed by atoms with Crippen molar-refractivity contribution in [2.24, 2.45) is 5.41 Å². The lowest BCUT2D eigenvalue weighted by Gasteiger charge is -2.41. The number of carbonyl (C=O) groups is 1. The largest absolute Gasteiger partial charge is 0.480 e. The van der Waals surface area contributed by atoms with Crippen LogP contribution in [-0.4, -0.2) is 48.2 Å². The number of nitrogens with one attached hydrogen (secondary N) is 1. The molecule has 1 rings (SSSR count). The number of piperidine rings is 1. The molecule has 2 N–H and O–H groups in total. The van der Waals surface area contributed by atoms with Crippen LogP contribution in [0.2, 0.25) is 0 Å². The molecule has 118 valence electrons. The molecule has 1 aliphatic rings. The highest BCUT2D eigenvalue weighted by molar-refractivity contribution is 5.73. The first-order valence-electron chi connectivity index (χ1n) is 8.25. The third-order valence-electron chi connectivity index (χ3n) is 5.09. The average Bonchev–Trinajstić information content (AvgIpc) is 2.47. The van der Waals surface area contributed by atoms with Gasteiger partial charge in [0.25, 0.3) is 0 Å². The van der Waals surface area contributed by atoms with E-state index >= 15 is 0 Å². The number of hydrogen-bond donors (Lipinski definition) is 2. The summed E-state index contributed by atoms with van der Waals surface area (Å²) in [5.41, 5.74) is 0.545. The summed E-state index contributed by atoms with van der Waals surface area (Å²) < 4.78 is 0. The maximum Gasteiger partial charge on any atom is 0.320 e. The van der Waals surface area contributed by atoms with E-state index in [1.54, 1.807) is 0 Å². The summed E-state index contributed by atoms with van der Waals surface area (Å²) in [6.45, 7) is 10.6. The molecule has 0 saturated carbocycles. The minimum Gasteiger partial charge on any atom is -0.480 e. The third-order valence-corrected chi connectivity index (χ3v) is 5.09. The molecule has 0 aromatic carbocycles. The van der Waals surface area contributed by atoms with E-state index in [1.807, 2.05) is 0 Å². The smallest absolute Gasteiger partial charge is 0.320 e. The van der Waals surface area contributed by atoms with Crippen molar-refractivity contribution in [3.63, 3.8) is 0 Å². The minimum absolute atomic E-state index is 0.390. The van der Waals surface area contributed by atoms with Gasteiger partial charge >= 0.3 is 5.97 Å². The number of likely N-dealkylation sites (tertiary alicyclic amines) is 1. The van der Waals surface area contributed by atoms with Gasteiger partial charge in [0.1, 0.15) is 6.04 Å². The summed E-state index contributed by atoms with van der Waals surface area (Å²) in [6, 6.07) is -0.390. The Labute approximate surface area is 123 Å². The van der Waals surface area contributed by atoms with Gasteiger partial charge in [-0.3, -0.25) is 4.79 Å². The standard InChI is InChI=1S/C16H32N2O2/c1-4-10-17-14(15(19)20)7-11-18-12-8-16(5-2,6-3)9-13-18/h14,17H,4-13H2,1-3H3,(H,19,20). The summed E-state index contributed by atoms with van der Waals surface area (Å²) in [7, 11) is 0. The lowest BCUT2D eigenvalue weighted by atomic mass is 9.74. The van der Waals surface area contributed by atoms with Gasteiger partial charge in [0.2, 0.25) is 0 Å². The zero-order chi connectivity index (χ0) is 15.0. The van der Waals surface area contributed by atoms with Gasteiger partial charge in [-0.2, -0.15) is 0 Å². The monoisotopic (exact) mass is 284 g/mol. The molecule has 1 heterocycles. The molecule has 0 spiro atoms. The molecule has 20 heavy (non-hydrogen) atoms. The number of carboxylic acids is 1. The average molecular weight is 284 g/mol. The van der Waals surface area contributed by atoms with E-state index in [-0.39, 0.29) is 6.04 Å². The van der Waals surface area contributed by atoms with Crippen LogP contribution in [0.25, 0.3) is 0 Å². The van der Waals surface area contributed by atoms with Gasteiger partial charge in [-0.1, -0.05) is 33.6 Å². The quantitative estimate of drug-likeness (QED) is 0.683. The van der Waals surface area contributed by atoms with E-state index in [4.69, 9.17) is 0 Å². The molecule has 0 aromatic heterocycles. The van der Waals surface area contributed by atoms with Crippen LogP contribution in [0.1, 0.15) is 59.3 Å². The Morgan fingerprint density at radius 2 is 1.85 bits per heavy atom. The highest BCUT2D eigenvalue weighted by atomic mass is 16.4. The van der Waals surface area contributed by atoms with Crippen molar-refractivity contribution in [1.29, 1.82) is 0 Å². The van der Waals surface area contributed by atoms with Gasteiger partial charge < -0.3 is 15.3 Å². The molecule has 0 aromatic rings. The Balaban J connectivity index is 2.34. The normalized spacial score (nSPS) is 20.8. The summed E-state index contributed by atoms with van der Waals surface area (Å²) in [6.07, 6.45) is 6.75. The summed E-state index contributed by atoms with van der Waals surface area (Å²) in [5, 5.41) is 12.3. The Kier molecular flexibility index (Phi) is 7.52. The Morgan fingerprint density at radius 3 is 2.30 bits per heavy atom. The van der Waals surface area contributed by atoms with Crippen LogP contribution in [0.3, 0.4) is 0 Å². The molecule has 0 amide bonds. The van der Waals surface area contributed by atoms with E-state index < -0.39 is 5.97 Å². The van der Waals surface area contributed by atoms with Crippen LogP contribution in [0, 0.1) is 5.41 Å². The second-order valence-electron chi connectivity index (χ2n) is 6.18. The number of nitrogens with zero attached hydrogens (tertiary/aromatic N) is 1. The lowest BCUT2D eigenvalue weighted by molar-refractivity contribution is -0.139. The second-order valence-corrected chi connectivity index (χ2v) is 6.18. The van der Waals surface area contributed by atoms with Crippen molar-refractivity contribution in [2.45, 2.75) is 65.3 Å². The van der Waals surface area contributed by atoms with Crippen molar-refractivity contribution in [3.05, 3.63) is 0 Å². The lowest BCUT2D eigenvalue weighted by Crippen LogP contribution is -2.44. The van der Waals surface area contributed by atoms with Gasteiger partial charge in [-0.15, -0.1) is 0 Å². The van der Waals surface area contributed by atoms with Crippen molar-refractivity contribution in [3.8, 4) is 0 Å². The number of carboxylic acid groups (broad SMARTS) is 1. The summed E-state index contributed by atoms with van der Waals surface area (Å²) in [4.78, 5) is 13.6.